The van der Waals surface area contributed by atoms with Gasteiger partial charge in [-0.2, -0.15) is 0 Å². The van der Waals surface area contributed by atoms with Gasteiger partial charge in [-0.05, 0) is 30.4 Å². The highest BCUT2D eigenvalue weighted by molar-refractivity contribution is 6.13. The summed E-state index contributed by atoms with van der Waals surface area (Å²) in [5, 5.41) is 0. The predicted molar refractivity (Wildman–Crippen MR) is 55.9 cm³/mol. The quantitative estimate of drug-likeness (QED) is 0.482. The van der Waals surface area contributed by atoms with Crippen molar-refractivity contribution in [1.82, 2.24) is 0 Å². The van der Waals surface area contributed by atoms with Gasteiger partial charge in [0.05, 0.1) is 0 Å². The van der Waals surface area contributed by atoms with Crippen LogP contribution in [-0.2, 0) is 0 Å². The lowest BCUT2D eigenvalue weighted by atomic mass is 9.80. The Bertz CT molecular complexity index is 273. The van der Waals surface area contributed by atoms with Gasteiger partial charge in [0.2, 0.25) is 0 Å². The molecule has 12 heavy (non-hydrogen) atoms. The topological polar surface area (TPSA) is 52.0 Å². The van der Waals surface area contributed by atoms with E-state index in [9.17, 15) is 0 Å². The normalized spacial score (nSPS) is 12.8. The van der Waals surface area contributed by atoms with Crippen molar-refractivity contribution in [3.8, 4) is 0 Å². The molecule has 0 saturated carbocycles. The summed E-state index contributed by atoms with van der Waals surface area (Å²) in [6.07, 6.45) is 0. The fourth-order valence-corrected chi connectivity index (χ4v) is 1.26. The minimum absolute atomic E-state index is 0.352. The molecule has 0 aliphatic rings. The Morgan fingerprint density at radius 1 is 1.50 bits per heavy atom. The second-order valence-corrected chi connectivity index (χ2v) is 3.21. The summed E-state index contributed by atoms with van der Waals surface area (Å²) in [5.74, 6) is 0.352. The van der Waals surface area contributed by atoms with E-state index < -0.39 is 0 Å². The third-order valence-corrected chi connectivity index (χ3v) is 2.24. The second-order valence-electron chi connectivity index (χ2n) is 3.21. The number of anilines is 1. The van der Waals surface area contributed by atoms with Gasteiger partial charge in [-0.1, -0.05) is 18.2 Å². The Balaban J connectivity index is 3.07. The second kappa shape index (κ2) is 3.63. The average Bonchev–Trinajstić information content (AvgIpc) is 2.08. The molecule has 0 amide bonds. The summed E-state index contributed by atoms with van der Waals surface area (Å²) in [5.41, 5.74) is 14.7. The molecule has 1 rings (SSSR count). The molecule has 0 bridgehead atoms. The SMILES string of the molecule is BC(CN)c1cccc(C)c1N. The van der Waals surface area contributed by atoms with Crippen molar-refractivity contribution >= 4 is 13.5 Å². The van der Waals surface area contributed by atoms with Gasteiger partial charge in [-0.15, -0.1) is 0 Å². The summed E-state index contributed by atoms with van der Waals surface area (Å²) in [7, 11) is 2.09. The van der Waals surface area contributed by atoms with Crippen LogP contribution in [0.2, 0.25) is 0 Å². The van der Waals surface area contributed by atoms with Crippen LogP contribution in [0.1, 0.15) is 16.9 Å². The third-order valence-electron chi connectivity index (χ3n) is 2.24. The Labute approximate surface area is 74.4 Å². The van der Waals surface area contributed by atoms with E-state index in [1.54, 1.807) is 0 Å². The van der Waals surface area contributed by atoms with E-state index in [1.807, 2.05) is 25.1 Å². The summed E-state index contributed by atoms with van der Waals surface area (Å²) in [6, 6.07) is 6.08. The molecule has 0 aromatic heterocycles. The van der Waals surface area contributed by atoms with Crippen LogP contribution in [0.4, 0.5) is 5.69 Å². The van der Waals surface area contributed by atoms with Gasteiger partial charge in [0.15, 0.2) is 0 Å². The molecule has 0 heterocycles. The molecular formula is C9H15BN2. The van der Waals surface area contributed by atoms with Crippen LogP contribution >= 0.6 is 0 Å². The molecule has 1 atom stereocenters. The van der Waals surface area contributed by atoms with Gasteiger partial charge in [-0.25, -0.2) is 0 Å². The number of hydrogen-bond donors (Lipinski definition) is 2. The van der Waals surface area contributed by atoms with Gasteiger partial charge in [-0.3, -0.25) is 0 Å². The molecule has 0 aliphatic heterocycles. The zero-order valence-corrected chi connectivity index (χ0v) is 7.67. The molecule has 1 aromatic rings. The van der Waals surface area contributed by atoms with Crippen LogP contribution in [0.3, 0.4) is 0 Å². The van der Waals surface area contributed by atoms with E-state index in [1.165, 1.54) is 0 Å². The van der Waals surface area contributed by atoms with E-state index in [-0.39, 0.29) is 0 Å². The molecule has 0 saturated heterocycles. The lowest BCUT2D eigenvalue weighted by molar-refractivity contribution is 0.930. The van der Waals surface area contributed by atoms with Gasteiger partial charge in [0.25, 0.3) is 0 Å². The van der Waals surface area contributed by atoms with Crippen molar-refractivity contribution in [2.24, 2.45) is 5.73 Å². The first-order valence-electron chi connectivity index (χ1n) is 4.22. The van der Waals surface area contributed by atoms with Crippen LogP contribution in [0, 0.1) is 6.92 Å². The van der Waals surface area contributed by atoms with E-state index in [0.717, 1.165) is 16.8 Å². The zero-order valence-electron chi connectivity index (χ0n) is 7.67. The molecule has 1 aromatic carbocycles. The average molecular weight is 162 g/mol. The van der Waals surface area contributed by atoms with Gasteiger partial charge in [0, 0.05) is 5.69 Å². The molecule has 1 unspecified atom stereocenters. The van der Waals surface area contributed by atoms with Crippen LogP contribution in [0.25, 0.3) is 0 Å². The summed E-state index contributed by atoms with van der Waals surface area (Å²) >= 11 is 0. The molecule has 0 fully saturated rings. The fourth-order valence-electron chi connectivity index (χ4n) is 1.26. The summed E-state index contributed by atoms with van der Waals surface area (Å²) in [4.78, 5) is 0. The van der Waals surface area contributed by atoms with Crippen molar-refractivity contribution in [1.29, 1.82) is 0 Å². The van der Waals surface area contributed by atoms with E-state index in [2.05, 4.69) is 7.85 Å². The number of benzene rings is 1. The van der Waals surface area contributed by atoms with Crippen molar-refractivity contribution < 1.29 is 0 Å². The maximum Gasteiger partial charge on any atom is 0.112 e. The molecule has 4 N–H and O–H groups in total. The minimum atomic E-state index is 0.352. The Kier molecular flexibility index (Phi) is 2.76. The number of para-hydroxylation sites is 1. The standard InChI is InChI=1S/C9H15BN2/c1-6-3-2-4-7(9(6)12)8(10)5-11/h2-4,8H,5,10-12H2,1H3. The van der Waals surface area contributed by atoms with Crippen molar-refractivity contribution in [2.45, 2.75) is 12.7 Å². The lowest BCUT2D eigenvalue weighted by Crippen LogP contribution is -2.14. The molecule has 0 radical (unpaired) electrons. The van der Waals surface area contributed by atoms with Gasteiger partial charge >= 0.3 is 0 Å². The van der Waals surface area contributed by atoms with Crippen LogP contribution in [0.15, 0.2) is 18.2 Å². The molecule has 0 aliphatic carbocycles. The van der Waals surface area contributed by atoms with Crippen LogP contribution < -0.4 is 11.5 Å². The van der Waals surface area contributed by atoms with Crippen LogP contribution in [-0.4, -0.2) is 14.4 Å². The number of hydrogen-bond acceptors (Lipinski definition) is 2. The molecule has 0 spiro atoms. The van der Waals surface area contributed by atoms with Crippen LogP contribution in [0.5, 0.6) is 0 Å². The first kappa shape index (κ1) is 9.14. The lowest BCUT2D eigenvalue weighted by Gasteiger charge is -2.13. The minimum Gasteiger partial charge on any atom is -0.398 e. The van der Waals surface area contributed by atoms with Crippen molar-refractivity contribution in [2.75, 3.05) is 12.3 Å². The summed E-state index contributed by atoms with van der Waals surface area (Å²) < 4.78 is 0. The maximum atomic E-state index is 5.90. The van der Waals surface area contributed by atoms with Crippen molar-refractivity contribution in [3.05, 3.63) is 29.3 Å². The first-order valence-corrected chi connectivity index (χ1v) is 4.22. The number of rotatable bonds is 2. The molecular weight excluding hydrogens is 147 g/mol. The highest BCUT2D eigenvalue weighted by Gasteiger charge is 2.07. The van der Waals surface area contributed by atoms with E-state index >= 15 is 0 Å². The number of nitrogens with two attached hydrogens (primary N) is 2. The van der Waals surface area contributed by atoms with E-state index in [0.29, 0.717) is 12.4 Å². The van der Waals surface area contributed by atoms with Crippen molar-refractivity contribution in [3.63, 3.8) is 0 Å². The highest BCUT2D eigenvalue weighted by Crippen LogP contribution is 2.21. The molecule has 64 valence electrons. The monoisotopic (exact) mass is 162 g/mol. The number of aryl methyl sites for hydroxylation is 1. The highest BCUT2D eigenvalue weighted by atomic mass is 14.6. The zero-order chi connectivity index (χ0) is 9.14. The first-order chi connectivity index (χ1) is 5.66. The Hall–Kier alpha value is -0.955. The van der Waals surface area contributed by atoms with Gasteiger partial charge < -0.3 is 11.5 Å². The largest absolute Gasteiger partial charge is 0.398 e. The molecule has 2 nitrogen and oxygen atoms in total. The maximum absolute atomic E-state index is 5.90. The number of nitrogen functional groups attached to an aromatic ring is 1. The third kappa shape index (κ3) is 1.61. The fraction of sp³-hybridized carbons (Fsp3) is 0.333. The smallest absolute Gasteiger partial charge is 0.112 e. The van der Waals surface area contributed by atoms with Gasteiger partial charge in [0.1, 0.15) is 7.85 Å². The molecule has 3 heteroatoms. The predicted octanol–water partition coefficient (Wildman–Crippen LogP) is 0.210. The Morgan fingerprint density at radius 2 is 2.17 bits per heavy atom. The van der Waals surface area contributed by atoms with E-state index in [4.69, 9.17) is 11.5 Å². The Morgan fingerprint density at radius 3 is 2.75 bits per heavy atom. The summed E-state index contributed by atoms with van der Waals surface area (Å²) in [6.45, 7) is 2.66.